The maximum Gasteiger partial charge on any atom is 0.342 e. The number of benzene rings is 1. The van der Waals surface area contributed by atoms with E-state index < -0.39 is 5.97 Å². The number of phenols is 1. The molecule has 0 amide bonds. The Bertz CT molecular complexity index is 390. The molecule has 0 aliphatic heterocycles. The van der Waals surface area contributed by atoms with Crippen molar-refractivity contribution in [3.8, 4) is 11.5 Å². The molecule has 1 aromatic carbocycles. The lowest BCUT2D eigenvalue weighted by Gasteiger charge is -2.10. The zero-order valence-electron chi connectivity index (χ0n) is 9.12. The number of hydrogen-bond acceptors (Lipinski definition) is 4. The molecule has 0 aliphatic rings. The molecule has 0 fully saturated rings. The predicted molar refractivity (Wildman–Crippen MR) is 60.2 cm³/mol. The van der Waals surface area contributed by atoms with Gasteiger partial charge >= 0.3 is 5.97 Å². The van der Waals surface area contributed by atoms with Crippen molar-refractivity contribution in [1.29, 1.82) is 0 Å². The zero-order chi connectivity index (χ0) is 12.1. The average molecular weight is 245 g/mol. The van der Waals surface area contributed by atoms with Crippen molar-refractivity contribution < 1.29 is 19.4 Å². The Hall–Kier alpha value is -1.42. The van der Waals surface area contributed by atoms with Crippen LogP contribution in [0.25, 0.3) is 0 Å². The number of carbonyl (C=O) groups excluding carboxylic acids is 1. The quantitative estimate of drug-likeness (QED) is 0.652. The number of methoxy groups -OCH3 is 1. The van der Waals surface area contributed by atoms with Crippen LogP contribution in [0.2, 0.25) is 0 Å². The highest BCUT2D eigenvalue weighted by molar-refractivity contribution is 6.17. The van der Waals surface area contributed by atoms with E-state index in [0.717, 1.165) is 0 Å². The van der Waals surface area contributed by atoms with Gasteiger partial charge in [0.15, 0.2) is 0 Å². The minimum absolute atomic E-state index is 0.0950. The first-order chi connectivity index (χ1) is 7.63. The summed E-state index contributed by atoms with van der Waals surface area (Å²) in [6, 6.07) is 2.95. The highest BCUT2D eigenvalue weighted by atomic mass is 35.5. The van der Waals surface area contributed by atoms with Crippen molar-refractivity contribution in [1.82, 2.24) is 0 Å². The van der Waals surface area contributed by atoms with E-state index >= 15 is 0 Å². The van der Waals surface area contributed by atoms with E-state index in [1.807, 2.05) is 0 Å². The molecule has 1 rings (SSSR count). The van der Waals surface area contributed by atoms with Crippen LogP contribution in [0, 0.1) is 0 Å². The molecule has 16 heavy (non-hydrogen) atoms. The molecule has 4 nitrogen and oxygen atoms in total. The van der Waals surface area contributed by atoms with E-state index in [1.165, 1.54) is 13.2 Å². The third-order valence-electron chi connectivity index (χ3n) is 2.03. The van der Waals surface area contributed by atoms with Gasteiger partial charge < -0.3 is 14.6 Å². The smallest absolute Gasteiger partial charge is 0.342 e. The van der Waals surface area contributed by atoms with Crippen LogP contribution in [0.4, 0.5) is 0 Å². The van der Waals surface area contributed by atoms with E-state index in [1.54, 1.807) is 13.0 Å². The Labute approximate surface area is 98.7 Å². The fourth-order valence-corrected chi connectivity index (χ4v) is 1.53. The molecule has 0 heterocycles. The summed E-state index contributed by atoms with van der Waals surface area (Å²) < 4.78 is 9.79. The molecule has 0 aliphatic carbocycles. The van der Waals surface area contributed by atoms with Crippen LogP contribution in [0.5, 0.6) is 11.5 Å². The number of carbonyl (C=O) groups is 1. The van der Waals surface area contributed by atoms with Gasteiger partial charge in [-0.2, -0.15) is 0 Å². The van der Waals surface area contributed by atoms with Gasteiger partial charge in [0.2, 0.25) is 0 Å². The van der Waals surface area contributed by atoms with Crippen LogP contribution in [0.1, 0.15) is 22.8 Å². The lowest BCUT2D eigenvalue weighted by molar-refractivity contribution is 0.0522. The highest BCUT2D eigenvalue weighted by Gasteiger charge is 2.18. The molecule has 1 aromatic rings. The van der Waals surface area contributed by atoms with Crippen LogP contribution in [-0.2, 0) is 10.6 Å². The molecule has 5 heteroatoms. The normalized spacial score (nSPS) is 9.94. The standard InChI is InChI=1S/C11H13ClO4/c1-3-16-11(14)10-7(6-12)4-8(15-2)5-9(10)13/h4-5,13H,3,6H2,1-2H3. The molecule has 88 valence electrons. The Morgan fingerprint density at radius 1 is 1.50 bits per heavy atom. The first-order valence-corrected chi connectivity index (χ1v) is 5.30. The number of aromatic hydroxyl groups is 1. The van der Waals surface area contributed by atoms with Gasteiger partial charge in [-0.25, -0.2) is 4.79 Å². The van der Waals surface area contributed by atoms with Gasteiger partial charge in [0, 0.05) is 11.9 Å². The summed E-state index contributed by atoms with van der Waals surface area (Å²) in [5.41, 5.74) is 0.578. The number of hydrogen-bond donors (Lipinski definition) is 1. The maximum absolute atomic E-state index is 11.6. The van der Waals surface area contributed by atoms with Crippen LogP contribution >= 0.6 is 11.6 Å². The lowest BCUT2D eigenvalue weighted by atomic mass is 10.1. The predicted octanol–water partition coefficient (Wildman–Crippen LogP) is 2.32. The van der Waals surface area contributed by atoms with Gasteiger partial charge in [-0.05, 0) is 18.6 Å². The molecule has 0 atom stereocenters. The molecule has 0 bridgehead atoms. The van der Waals surface area contributed by atoms with Gasteiger partial charge in [0.05, 0.1) is 13.7 Å². The number of halogens is 1. The summed E-state index contributed by atoms with van der Waals surface area (Å²) in [6.07, 6.45) is 0. The Kier molecular flexibility index (Phi) is 4.43. The first kappa shape index (κ1) is 12.6. The third kappa shape index (κ3) is 2.58. The average Bonchev–Trinajstić information content (AvgIpc) is 2.27. The van der Waals surface area contributed by atoms with Crippen LogP contribution in [-0.4, -0.2) is 24.8 Å². The molecule has 0 saturated carbocycles. The number of rotatable bonds is 4. The van der Waals surface area contributed by atoms with Crippen molar-refractivity contribution in [2.75, 3.05) is 13.7 Å². The molecular weight excluding hydrogens is 232 g/mol. The molecule has 0 unspecified atom stereocenters. The highest BCUT2D eigenvalue weighted by Crippen LogP contribution is 2.29. The Morgan fingerprint density at radius 3 is 2.69 bits per heavy atom. The number of alkyl halides is 1. The van der Waals surface area contributed by atoms with Gasteiger partial charge in [-0.15, -0.1) is 11.6 Å². The minimum atomic E-state index is -0.585. The largest absolute Gasteiger partial charge is 0.507 e. The van der Waals surface area contributed by atoms with Crippen LogP contribution in [0.3, 0.4) is 0 Å². The third-order valence-corrected chi connectivity index (χ3v) is 2.32. The van der Waals surface area contributed by atoms with Crippen molar-refractivity contribution in [2.45, 2.75) is 12.8 Å². The Morgan fingerprint density at radius 2 is 2.19 bits per heavy atom. The summed E-state index contributed by atoms with van der Waals surface area (Å²) in [6.45, 7) is 1.94. The second-order valence-electron chi connectivity index (χ2n) is 3.03. The van der Waals surface area contributed by atoms with Crippen LogP contribution < -0.4 is 4.74 Å². The van der Waals surface area contributed by atoms with Crippen molar-refractivity contribution in [3.63, 3.8) is 0 Å². The van der Waals surface area contributed by atoms with Crippen molar-refractivity contribution in [3.05, 3.63) is 23.3 Å². The minimum Gasteiger partial charge on any atom is -0.507 e. The molecule has 0 aromatic heterocycles. The van der Waals surface area contributed by atoms with Gasteiger partial charge in [-0.1, -0.05) is 0 Å². The topological polar surface area (TPSA) is 55.8 Å². The second kappa shape index (κ2) is 5.61. The monoisotopic (exact) mass is 244 g/mol. The van der Waals surface area contributed by atoms with E-state index in [2.05, 4.69) is 0 Å². The van der Waals surface area contributed by atoms with Gasteiger partial charge in [0.25, 0.3) is 0 Å². The maximum atomic E-state index is 11.6. The SMILES string of the molecule is CCOC(=O)c1c(O)cc(OC)cc1CCl. The molecule has 0 radical (unpaired) electrons. The fourth-order valence-electron chi connectivity index (χ4n) is 1.32. The summed E-state index contributed by atoms with van der Waals surface area (Å²) in [7, 11) is 1.47. The van der Waals surface area contributed by atoms with Crippen LogP contribution in [0.15, 0.2) is 12.1 Å². The summed E-state index contributed by atoms with van der Waals surface area (Å²) in [5, 5.41) is 9.69. The van der Waals surface area contributed by atoms with Crippen molar-refractivity contribution in [2.24, 2.45) is 0 Å². The fraction of sp³-hybridized carbons (Fsp3) is 0.364. The number of phenolic OH excluding ortho intramolecular Hbond substituents is 1. The molecule has 0 saturated heterocycles. The van der Waals surface area contributed by atoms with Gasteiger partial charge in [-0.3, -0.25) is 0 Å². The number of esters is 1. The zero-order valence-corrected chi connectivity index (χ0v) is 9.87. The van der Waals surface area contributed by atoms with Crippen molar-refractivity contribution >= 4 is 17.6 Å². The molecular formula is C11H13ClO4. The molecule has 0 spiro atoms. The van der Waals surface area contributed by atoms with Gasteiger partial charge in [0.1, 0.15) is 17.1 Å². The van der Waals surface area contributed by atoms with E-state index in [0.29, 0.717) is 11.3 Å². The summed E-state index contributed by atoms with van der Waals surface area (Å²) in [4.78, 5) is 11.6. The second-order valence-corrected chi connectivity index (χ2v) is 3.30. The van der Waals surface area contributed by atoms with E-state index in [-0.39, 0.29) is 23.8 Å². The van der Waals surface area contributed by atoms with E-state index in [9.17, 15) is 9.90 Å². The lowest BCUT2D eigenvalue weighted by Crippen LogP contribution is -2.08. The summed E-state index contributed by atoms with van der Waals surface area (Å²) >= 11 is 5.70. The summed E-state index contributed by atoms with van der Waals surface area (Å²) in [5.74, 6) is -0.230. The number of ether oxygens (including phenoxy) is 2. The molecule has 1 N–H and O–H groups in total. The first-order valence-electron chi connectivity index (χ1n) is 4.77. The van der Waals surface area contributed by atoms with E-state index in [4.69, 9.17) is 21.1 Å². The Balaban J connectivity index is 3.21.